The van der Waals surface area contributed by atoms with Crippen molar-refractivity contribution in [3.8, 4) is 5.75 Å². The third kappa shape index (κ3) is 3.81. The van der Waals surface area contributed by atoms with E-state index in [9.17, 15) is 19.7 Å². The summed E-state index contributed by atoms with van der Waals surface area (Å²) in [5.74, 6) is -1.03. The van der Waals surface area contributed by atoms with Crippen LogP contribution in [0.25, 0.3) is 0 Å². The summed E-state index contributed by atoms with van der Waals surface area (Å²) >= 11 is 0. The Hall–Kier alpha value is -3.22. The minimum Gasteiger partial charge on any atom is -0.496 e. The molecule has 0 aromatic heterocycles. The molecule has 0 heterocycles. The van der Waals surface area contributed by atoms with Crippen molar-refractivity contribution in [2.45, 2.75) is 32.3 Å². The minimum absolute atomic E-state index is 0.0969. The average molecular weight is 369 g/mol. The van der Waals surface area contributed by atoms with E-state index in [4.69, 9.17) is 9.47 Å². The van der Waals surface area contributed by atoms with Gasteiger partial charge in [-0.25, -0.2) is 4.79 Å². The monoisotopic (exact) mass is 369 g/mol. The number of benzene rings is 2. The molecule has 1 unspecified atom stereocenters. The Morgan fingerprint density at radius 1 is 1.11 bits per heavy atom. The molecular formula is C20H19NO6. The van der Waals surface area contributed by atoms with E-state index in [0.29, 0.717) is 5.56 Å². The maximum atomic E-state index is 12.6. The molecule has 0 fully saturated rings. The fourth-order valence-electron chi connectivity index (χ4n) is 3.21. The van der Waals surface area contributed by atoms with E-state index in [-0.39, 0.29) is 22.8 Å². The molecule has 0 aliphatic heterocycles. The average Bonchev–Trinajstić information content (AvgIpc) is 3.14. The zero-order valence-electron chi connectivity index (χ0n) is 15.1. The van der Waals surface area contributed by atoms with Crippen LogP contribution in [-0.2, 0) is 17.6 Å². The molecule has 7 heteroatoms. The van der Waals surface area contributed by atoms with Gasteiger partial charge in [-0.15, -0.1) is 0 Å². The van der Waals surface area contributed by atoms with E-state index in [1.165, 1.54) is 31.7 Å². The lowest BCUT2D eigenvalue weighted by atomic mass is 10.0. The number of methoxy groups -OCH3 is 1. The van der Waals surface area contributed by atoms with Gasteiger partial charge in [-0.05, 0) is 49.4 Å². The van der Waals surface area contributed by atoms with Gasteiger partial charge in [0.15, 0.2) is 6.10 Å². The number of carbonyl (C=O) groups excluding carboxylic acids is 2. The Bertz CT molecular complexity index is 921. The van der Waals surface area contributed by atoms with Crippen molar-refractivity contribution in [1.29, 1.82) is 0 Å². The number of non-ortho nitro benzene ring substituents is 1. The first kappa shape index (κ1) is 18.6. The Kier molecular flexibility index (Phi) is 5.21. The second kappa shape index (κ2) is 7.57. The van der Waals surface area contributed by atoms with Gasteiger partial charge in [0.25, 0.3) is 5.69 Å². The van der Waals surface area contributed by atoms with Crippen molar-refractivity contribution in [2.24, 2.45) is 0 Å². The molecule has 0 bridgehead atoms. The fourth-order valence-corrected chi connectivity index (χ4v) is 3.21. The highest BCUT2D eigenvalue weighted by molar-refractivity contribution is 6.02. The van der Waals surface area contributed by atoms with Crippen LogP contribution in [0.15, 0.2) is 36.4 Å². The van der Waals surface area contributed by atoms with Gasteiger partial charge in [0.1, 0.15) is 11.3 Å². The van der Waals surface area contributed by atoms with Gasteiger partial charge in [0, 0.05) is 17.7 Å². The maximum absolute atomic E-state index is 12.6. The molecule has 0 N–H and O–H groups in total. The third-order valence-corrected chi connectivity index (χ3v) is 4.65. The number of hydrogen-bond donors (Lipinski definition) is 0. The van der Waals surface area contributed by atoms with Gasteiger partial charge < -0.3 is 9.47 Å². The number of Topliss-reactive ketones (excluding diaryl/α,β-unsaturated/α-hetero) is 1. The van der Waals surface area contributed by atoms with E-state index >= 15 is 0 Å². The SMILES string of the molecule is COc1ccc([N+](=O)[O-])cc1C(=O)OC(C)C(=O)c1ccc2c(c1)CCC2. The number of carbonyl (C=O) groups is 2. The van der Waals surface area contributed by atoms with Crippen LogP contribution in [0.2, 0.25) is 0 Å². The van der Waals surface area contributed by atoms with Gasteiger partial charge in [-0.1, -0.05) is 12.1 Å². The summed E-state index contributed by atoms with van der Waals surface area (Å²) in [7, 11) is 1.34. The topological polar surface area (TPSA) is 95.7 Å². The number of aryl methyl sites for hydroxylation is 2. The van der Waals surface area contributed by atoms with Crippen LogP contribution in [0, 0.1) is 10.1 Å². The van der Waals surface area contributed by atoms with Crippen LogP contribution < -0.4 is 4.74 Å². The van der Waals surface area contributed by atoms with Crippen LogP contribution in [0.1, 0.15) is 45.2 Å². The zero-order chi connectivity index (χ0) is 19.6. The molecule has 3 rings (SSSR count). The molecule has 1 atom stereocenters. The third-order valence-electron chi connectivity index (χ3n) is 4.65. The molecule has 140 valence electrons. The quantitative estimate of drug-likeness (QED) is 0.335. The number of nitro benzene ring substituents is 1. The van der Waals surface area contributed by atoms with Crippen LogP contribution in [0.4, 0.5) is 5.69 Å². The highest BCUT2D eigenvalue weighted by Crippen LogP contribution is 2.26. The smallest absolute Gasteiger partial charge is 0.342 e. The van der Waals surface area contributed by atoms with Crippen molar-refractivity contribution in [3.05, 3.63) is 68.8 Å². The van der Waals surface area contributed by atoms with E-state index in [1.807, 2.05) is 12.1 Å². The number of ether oxygens (including phenoxy) is 2. The number of esters is 1. The Morgan fingerprint density at radius 2 is 1.85 bits per heavy atom. The number of fused-ring (bicyclic) bond motifs is 1. The first-order valence-electron chi connectivity index (χ1n) is 8.60. The van der Waals surface area contributed by atoms with E-state index in [2.05, 4.69) is 0 Å². The molecule has 1 aliphatic carbocycles. The molecule has 0 saturated heterocycles. The van der Waals surface area contributed by atoms with Gasteiger partial charge >= 0.3 is 5.97 Å². The second-order valence-corrected chi connectivity index (χ2v) is 6.39. The van der Waals surface area contributed by atoms with Gasteiger partial charge in [-0.3, -0.25) is 14.9 Å². The normalized spacial score (nSPS) is 13.6. The molecule has 0 amide bonds. The Morgan fingerprint density at radius 3 is 2.56 bits per heavy atom. The fraction of sp³-hybridized carbons (Fsp3) is 0.300. The van der Waals surface area contributed by atoms with Crippen molar-refractivity contribution in [1.82, 2.24) is 0 Å². The van der Waals surface area contributed by atoms with E-state index < -0.39 is 17.0 Å². The second-order valence-electron chi connectivity index (χ2n) is 6.39. The summed E-state index contributed by atoms with van der Waals surface area (Å²) < 4.78 is 10.3. The number of hydrogen-bond acceptors (Lipinski definition) is 6. The van der Waals surface area contributed by atoms with Crippen molar-refractivity contribution in [3.63, 3.8) is 0 Å². The highest BCUT2D eigenvalue weighted by atomic mass is 16.6. The molecular weight excluding hydrogens is 350 g/mol. The number of nitro groups is 1. The zero-order valence-corrected chi connectivity index (χ0v) is 15.1. The van der Waals surface area contributed by atoms with E-state index in [1.54, 1.807) is 6.07 Å². The largest absolute Gasteiger partial charge is 0.496 e. The highest BCUT2D eigenvalue weighted by Gasteiger charge is 2.25. The Balaban J connectivity index is 1.78. The Labute approximate surface area is 156 Å². The first-order chi connectivity index (χ1) is 12.9. The van der Waals surface area contributed by atoms with Crippen LogP contribution in [0.5, 0.6) is 5.75 Å². The van der Waals surface area contributed by atoms with Crippen molar-refractivity contribution >= 4 is 17.4 Å². The molecule has 27 heavy (non-hydrogen) atoms. The van der Waals surface area contributed by atoms with Gasteiger partial charge in [0.2, 0.25) is 5.78 Å². The predicted molar refractivity (Wildman–Crippen MR) is 97.3 cm³/mol. The molecule has 0 saturated carbocycles. The maximum Gasteiger partial charge on any atom is 0.342 e. The van der Waals surface area contributed by atoms with Crippen LogP contribution >= 0.6 is 0 Å². The number of ketones is 1. The summed E-state index contributed by atoms with van der Waals surface area (Å²) in [6.07, 6.45) is 2.00. The summed E-state index contributed by atoms with van der Waals surface area (Å²) in [5, 5.41) is 10.9. The number of rotatable bonds is 6. The van der Waals surface area contributed by atoms with Gasteiger partial charge in [0.05, 0.1) is 12.0 Å². The van der Waals surface area contributed by atoms with Crippen LogP contribution in [-0.4, -0.2) is 29.9 Å². The summed E-state index contributed by atoms with van der Waals surface area (Å²) in [6, 6.07) is 9.16. The van der Waals surface area contributed by atoms with Crippen LogP contribution in [0.3, 0.4) is 0 Å². The molecule has 0 spiro atoms. The summed E-state index contributed by atoms with van der Waals surface area (Å²) in [6.45, 7) is 1.48. The lowest BCUT2D eigenvalue weighted by Gasteiger charge is -2.14. The van der Waals surface area contributed by atoms with Gasteiger partial charge in [-0.2, -0.15) is 0 Å². The number of nitrogens with zero attached hydrogens (tertiary/aromatic N) is 1. The molecule has 2 aromatic rings. The molecule has 2 aromatic carbocycles. The lowest BCUT2D eigenvalue weighted by Crippen LogP contribution is -2.25. The molecule has 7 nitrogen and oxygen atoms in total. The first-order valence-corrected chi connectivity index (χ1v) is 8.60. The molecule has 0 radical (unpaired) electrons. The van der Waals surface area contributed by atoms with Crippen molar-refractivity contribution in [2.75, 3.05) is 7.11 Å². The predicted octanol–water partition coefficient (Wildman–Crippen LogP) is 3.52. The lowest BCUT2D eigenvalue weighted by molar-refractivity contribution is -0.384. The standard InChI is InChI=1S/C20H19NO6/c1-12(19(22)15-7-6-13-4-3-5-14(13)10-15)27-20(23)17-11-16(21(24)25)8-9-18(17)26-2/h6-12H,3-5H2,1-2H3. The summed E-state index contributed by atoms with van der Waals surface area (Å²) in [4.78, 5) is 35.4. The van der Waals surface area contributed by atoms with E-state index in [0.717, 1.165) is 30.9 Å². The molecule has 1 aliphatic rings. The summed E-state index contributed by atoms with van der Waals surface area (Å²) in [5.41, 5.74) is 2.53. The van der Waals surface area contributed by atoms with Crippen molar-refractivity contribution < 1.29 is 24.0 Å². The minimum atomic E-state index is -1.03.